The second-order valence-corrected chi connectivity index (χ2v) is 9.61. The lowest BCUT2D eigenvalue weighted by atomic mass is 10.0. The Bertz CT molecular complexity index is 1100. The van der Waals surface area contributed by atoms with E-state index in [1.165, 1.54) is 0 Å². The molecule has 6 heteroatoms. The molecule has 3 aromatic rings. The van der Waals surface area contributed by atoms with Crippen LogP contribution in [0.15, 0.2) is 78.9 Å². The molecule has 0 aliphatic carbocycles. The van der Waals surface area contributed by atoms with Gasteiger partial charge in [-0.2, -0.15) is 0 Å². The Morgan fingerprint density at radius 3 is 2.24 bits per heavy atom. The monoisotopic (exact) mass is 496 g/mol. The first-order chi connectivity index (χ1) is 16.3. The molecule has 0 aliphatic heterocycles. The maximum atomic E-state index is 13.7. The molecule has 0 radical (unpaired) electrons. The molecule has 3 rings (SSSR count). The van der Waals surface area contributed by atoms with Crippen molar-refractivity contribution in [3.8, 4) is 0 Å². The average molecular weight is 497 g/mol. The van der Waals surface area contributed by atoms with Gasteiger partial charge in [0.25, 0.3) is 0 Å². The van der Waals surface area contributed by atoms with Crippen LogP contribution in [0.5, 0.6) is 0 Å². The molecule has 34 heavy (non-hydrogen) atoms. The summed E-state index contributed by atoms with van der Waals surface area (Å²) in [5, 5.41) is 4.14. The van der Waals surface area contributed by atoms with Gasteiger partial charge < -0.3 is 10.2 Å². The molecule has 0 unspecified atom stereocenters. The summed E-state index contributed by atoms with van der Waals surface area (Å²) in [6.07, 6.45) is 0.503. The van der Waals surface area contributed by atoms with Crippen LogP contribution in [0.3, 0.4) is 0 Å². The van der Waals surface area contributed by atoms with Crippen LogP contribution in [0.1, 0.15) is 30.5 Å². The molecule has 0 aromatic heterocycles. The fourth-order valence-electron chi connectivity index (χ4n) is 3.71. The third-order valence-electron chi connectivity index (χ3n) is 5.50. The summed E-state index contributed by atoms with van der Waals surface area (Å²) >= 11 is 12.6. The van der Waals surface area contributed by atoms with E-state index < -0.39 is 6.04 Å². The van der Waals surface area contributed by atoms with Crippen molar-refractivity contribution < 1.29 is 9.59 Å². The van der Waals surface area contributed by atoms with Crippen molar-refractivity contribution >= 4 is 35.0 Å². The summed E-state index contributed by atoms with van der Waals surface area (Å²) in [4.78, 5) is 28.8. The van der Waals surface area contributed by atoms with E-state index in [4.69, 9.17) is 23.2 Å². The largest absolute Gasteiger partial charge is 0.354 e. The zero-order valence-electron chi connectivity index (χ0n) is 19.5. The van der Waals surface area contributed by atoms with Crippen LogP contribution in [0.25, 0.3) is 0 Å². The summed E-state index contributed by atoms with van der Waals surface area (Å²) in [5.74, 6) is -0.0534. The first kappa shape index (κ1) is 25.8. The molecule has 0 saturated carbocycles. The molecule has 1 N–H and O–H groups in total. The summed E-state index contributed by atoms with van der Waals surface area (Å²) in [6, 6.07) is 23.7. The van der Waals surface area contributed by atoms with Crippen molar-refractivity contribution in [3.05, 3.63) is 106 Å². The van der Waals surface area contributed by atoms with Crippen LogP contribution in [-0.4, -0.2) is 29.3 Å². The normalized spacial score (nSPS) is 11.8. The van der Waals surface area contributed by atoms with E-state index in [0.29, 0.717) is 28.9 Å². The quantitative estimate of drug-likeness (QED) is 0.377. The highest BCUT2D eigenvalue weighted by Crippen LogP contribution is 2.21. The Labute approximate surface area is 211 Å². The van der Waals surface area contributed by atoms with Crippen LogP contribution < -0.4 is 5.32 Å². The smallest absolute Gasteiger partial charge is 0.243 e. The molecule has 1 atom stereocenters. The molecular weight excluding hydrogens is 467 g/mol. The third-order valence-corrected chi connectivity index (χ3v) is 6.10. The summed E-state index contributed by atoms with van der Waals surface area (Å²) in [5.41, 5.74) is 2.56. The average Bonchev–Trinajstić information content (AvgIpc) is 2.82. The number of nitrogens with one attached hydrogen (secondary N) is 1. The molecule has 0 aliphatic rings. The van der Waals surface area contributed by atoms with Gasteiger partial charge in [-0.15, -0.1) is 0 Å². The molecule has 0 saturated heterocycles. The van der Waals surface area contributed by atoms with Crippen molar-refractivity contribution in [3.63, 3.8) is 0 Å². The van der Waals surface area contributed by atoms with Crippen LogP contribution >= 0.6 is 23.2 Å². The first-order valence-corrected chi connectivity index (χ1v) is 12.2. The predicted octanol–water partition coefficient (Wildman–Crippen LogP) is 5.95. The highest BCUT2D eigenvalue weighted by molar-refractivity contribution is 6.31. The molecule has 0 heterocycles. The Kier molecular flexibility index (Phi) is 9.55. The van der Waals surface area contributed by atoms with Crippen molar-refractivity contribution in [1.29, 1.82) is 0 Å². The van der Waals surface area contributed by atoms with Crippen molar-refractivity contribution in [2.24, 2.45) is 5.92 Å². The van der Waals surface area contributed by atoms with E-state index in [1.807, 2.05) is 80.6 Å². The summed E-state index contributed by atoms with van der Waals surface area (Å²) < 4.78 is 0. The number of halogens is 2. The Balaban J connectivity index is 1.97. The van der Waals surface area contributed by atoms with Crippen LogP contribution in [0, 0.1) is 5.92 Å². The van der Waals surface area contributed by atoms with E-state index in [1.54, 1.807) is 17.0 Å². The van der Waals surface area contributed by atoms with E-state index in [-0.39, 0.29) is 24.8 Å². The maximum absolute atomic E-state index is 13.7. The fraction of sp³-hybridized carbons (Fsp3) is 0.286. The predicted molar refractivity (Wildman–Crippen MR) is 139 cm³/mol. The highest BCUT2D eigenvalue weighted by Gasteiger charge is 2.30. The summed E-state index contributed by atoms with van der Waals surface area (Å²) in [7, 11) is 0. The minimum atomic E-state index is -0.685. The number of carbonyl (C=O) groups excluding carboxylic acids is 2. The number of nitrogens with zero attached hydrogens (tertiary/aromatic N) is 1. The van der Waals surface area contributed by atoms with Crippen LogP contribution in [0.4, 0.5) is 0 Å². The molecule has 3 aromatic carbocycles. The van der Waals surface area contributed by atoms with Crippen molar-refractivity contribution in [1.82, 2.24) is 10.2 Å². The lowest BCUT2D eigenvalue weighted by molar-refractivity contribution is -0.140. The molecular formula is C28H30Cl2N2O2. The van der Waals surface area contributed by atoms with Gasteiger partial charge >= 0.3 is 0 Å². The fourth-order valence-corrected chi connectivity index (χ4v) is 4.13. The van der Waals surface area contributed by atoms with E-state index in [0.717, 1.165) is 16.7 Å². The van der Waals surface area contributed by atoms with E-state index >= 15 is 0 Å². The van der Waals surface area contributed by atoms with Gasteiger partial charge in [-0.25, -0.2) is 0 Å². The van der Waals surface area contributed by atoms with E-state index in [2.05, 4.69) is 5.32 Å². The molecule has 178 valence electrons. The number of benzene rings is 3. The highest BCUT2D eigenvalue weighted by atomic mass is 35.5. The molecule has 0 spiro atoms. The van der Waals surface area contributed by atoms with E-state index in [9.17, 15) is 9.59 Å². The van der Waals surface area contributed by atoms with Crippen molar-refractivity contribution in [2.75, 3.05) is 6.54 Å². The second-order valence-electron chi connectivity index (χ2n) is 8.76. The third kappa shape index (κ3) is 7.61. The number of amides is 2. The Morgan fingerprint density at radius 2 is 1.56 bits per heavy atom. The first-order valence-electron chi connectivity index (χ1n) is 11.4. The number of carbonyl (C=O) groups is 2. The van der Waals surface area contributed by atoms with Gasteiger partial charge in [-0.1, -0.05) is 97.7 Å². The topological polar surface area (TPSA) is 49.4 Å². The Morgan fingerprint density at radius 1 is 0.882 bits per heavy atom. The van der Waals surface area contributed by atoms with Gasteiger partial charge in [-0.3, -0.25) is 9.59 Å². The minimum Gasteiger partial charge on any atom is -0.354 e. The summed E-state index contributed by atoms with van der Waals surface area (Å²) in [6.45, 7) is 4.88. The standard InChI is InChI=1S/C28H30Cl2N2O2/c1-20(2)18-31-28(34)26(16-21-9-4-3-5-10-21)32(19-22-11-8-13-24(29)15-22)27(33)17-23-12-6-7-14-25(23)30/h3-15,20,26H,16-19H2,1-2H3,(H,31,34)/t26-/m1/s1. The van der Waals surface area contributed by atoms with Gasteiger partial charge in [0.15, 0.2) is 0 Å². The molecule has 0 fully saturated rings. The van der Waals surface area contributed by atoms with Gasteiger partial charge in [0.2, 0.25) is 11.8 Å². The maximum Gasteiger partial charge on any atom is 0.243 e. The lowest BCUT2D eigenvalue weighted by Crippen LogP contribution is -2.51. The van der Waals surface area contributed by atoms with Gasteiger partial charge in [0, 0.05) is 29.6 Å². The zero-order valence-corrected chi connectivity index (χ0v) is 21.0. The SMILES string of the molecule is CC(C)CNC(=O)[C@@H](Cc1ccccc1)N(Cc1cccc(Cl)c1)C(=O)Cc1ccccc1Cl. The molecule has 0 bridgehead atoms. The second kappa shape index (κ2) is 12.6. The number of hydrogen-bond donors (Lipinski definition) is 1. The van der Waals surface area contributed by atoms with Crippen LogP contribution in [-0.2, 0) is 29.0 Å². The van der Waals surface area contributed by atoms with Gasteiger partial charge in [0.1, 0.15) is 6.04 Å². The number of hydrogen-bond acceptors (Lipinski definition) is 2. The Hall–Kier alpha value is -2.82. The van der Waals surface area contributed by atoms with Crippen molar-refractivity contribution in [2.45, 2.75) is 39.3 Å². The lowest BCUT2D eigenvalue weighted by Gasteiger charge is -2.32. The van der Waals surface area contributed by atoms with Gasteiger partial charge in [-0.05, 0) is 40.8 Å². The van der Waals surface area contributed by atoms with Gasteiger partial charge in [0.05, 0.1) is 6.42 Å². The number of rotatable bonds is 10. The zero-order chi connectivity index (χ0) is 24.5. The van der Waals surface area contributed by atoms with Crippen LogP contribution in [0.2, 0.25) is 10.0 Å². The minimum absolute atomic E-state index is 0.100. The molecule has 2 amide bonds. The molecule has 4 nitrogen and oxygen atoms in total.